The molecule has 31 heavy (non-hydrogen) atoms. The molecule has 1 N–H and O–H groups in total. The van der Waals surface area contributed by atoms with E-state index >= 15 is 0 Å². The van der Waals surface area contributed by atoms with Crippen LogP contribution in [0.25, 0.3) is 10.4 Å². The number of para-hydroxylation sites is 1. The number of benzene rings is 2. The summed E-state index contributed by atoms with van der Waals surface area (Å²) in [6.07, 6.45) is 0.608. The summed E-state index contributed by atoms with van der Waals surface area (Å²) in [4.78, 5) is 17.7. The zero-order valence-electron chi connectivity index (χ0n) is 17.5. The smallest absolute Gasteiger partial charge is 0.307 e. The van der Waals surface area contributed by atoms with Crippen molar-refractivity contribution in [3.8, 4) is 21.9 Å². The van der Waals surface area contributed by atoms with Crippen molar-refractivity contribution in [2.24, 2.45) is 5.16 Å². The van der Waals surface area contributed by atoms with Crippen LogP contribution in [0.4, 0.5) is 0 Å². The van der Waals surface area contributed by atoms with Gasteiger partial charge in [0.1, 0.15) is 6.61 Å². The largest absolute Gasteiger partial charge is 0.493 e. The quantitative estimate of drug-likeness (QED) is 0.250. The first-order valence-corrected chi connectivity index (χ1v) is 10.8. The van der Waals surface area contributed by atoms with Crippen molar-refractivity contribution >= 4 is 23.0 Å². The number of hydrogen-bond acceptors (Lipinski definition) is 6. The van der Waals surface area contributed by atoms with Crippen molar-refractivity contribution in [2.45, 2.75) is 19.8 Å². The summed E-state index contributed by atoms with van der Waals surface area (Å²) in [5, 5.41) is 15.4. The highest BCUT2D eigenvalue weighted by molar-refractivity contribution is 7.13. The highest BCUT2D eigenvalue weighted by Gasteiger charge is 2.13. The fraction of sp³-hybridized carbons (Fsp3) is 0.250. The number of nitrogens with zero attached hydrogens (tertiary/aromatic N) is 1. The van der Waals surface area contributed by atoms with E-state index in [4.69, 9.17) is 19.4 Å². The molecule has 2 aromatic carbocycles. The van der Waals surface area contributed by atoms with Gasteiger partial charge in [-0.3, -0.25) is 4.79 Å². The fourth-order valence-corrected chi connectivity index (χ4v) is 3.85. The van der Waals surface area contributed by atoms with Gasteiger partial charge in [-0.2, -0.15) is 0 Å². The zero-order chi connectivity index (χ0) is 22.1. The molecule has 1 aromatic heterocycles. The summed E-state index contributed by atoms with van der Waals surface area (Å²) in [6, 6.07) is 17.6. The molecule has 162 valence electrons. The number of carbonyl (C=O) groups is 1. The Bertz CT molecular complexity index is 1010. The number of rotatable bonds is 11. The Balaban J connectivity index is 1.56. The molecular weight excluding hydrogens is 414 g/mol. The molecule has 0 aliphatic rings. The molecule has 3 aromatic rings. The number of carboxylic acid groups (broad SMARTS) is 1. The van der Waals surface area contributed by atoms with Crippen LogP contribution in [-0.4, -0.2) is 37.1 Å². The molecule has 0 bridgehead atoms. The minimum Gasteiger partial charge on any atom is -0.493 e. The molecule has 7 heteroatoms. The summed E-state index contributed by atoms with van der Waals surface area (Å²) in [7, 11) is 1.49. The number of thiophene rings is 1. The Morgan fingerprint density at radius 1 is 1.06 bits per heavy atom. The first-order chi connectivity index (χ1) is 15.1. The van der Waals surface area contributed by atoms with Crippen LogP contribution in [-0.2, 0) is 16.1 Å². The average molecular weight is 440 g/mol. The summed E-state index contributed by atoms with van der Waals surface area (Å²) in [5.41, 5.74) is 3.62. The third-order valence-corrected chi connectivity index (χ3v) is 5.49. The fourth-order valence-electron chi connectivity index (χ4n) is 3.11. The molecule has 0 unspecified atom stereocenters. The van der Waals surface area contributed by atoms with Crippen LogP contribution in [0.1, 0.15) is 24.5 Å². The molecule has 3 rings (SSSR count). The van der Waals surface area contributed by atoms with Crippen molar-refractivity contribution < 1.29 is 24.2 Å². The SMILES string of the molecule is CCC(=NOCCOc1cccc(CC(=O)O)c1OC)c1ccc(-c2cccs2)cc1. The van der Waals surface area contributed by atoms with E-state index in [1.54, 1.807) is 29.5 Å². The highest BCUT2D eigenvalue weighted by atomic mass is 32.1. The molecule has 0 spiro atoms. The molecular formula is C24H25NO5S. The van der Waals surface area contributed by atoms with E-state index in [2.05, 4.69) is 40.9 Å². The number of carboxylic acids is 1. The lowest BCUT2D eigenvalue weighted by molar-refractivity contribution is -0.136. The van der Waals surface area contributed by atoms with Crippen molar-refractivity contribution in [3.05, 3.63) is 71.1 Å². The predicted molar refractivity (Wildman–Crippen MR) is 122 cm³/mol. The lowest BCUT2D eigenvalue weighted by Gasteiger charge is -2.13. The van der Waals surface area contributed by atoms with Crippen LogP contribution < -0.4 is 9.47 Å². The lowest BCUT2D eigenvalue weighted by atomic mass is 10.1. The van der Waals surface area contributed by atoms with E-state index in [1.807, 2.05) is 13.0 Å². The van der Waals surface area contributed by atoms with Gasteiger partial charge in [0.05, 0.1) is 19.2 Å². The van der Waals surface area contributed by atoms with Gasteiger partial charge in [-0.05, 0) is 35.1 Å². The Kier molecular flexibility index (Phi) is 8.06. The van der Waals surface area contributed by atoms with E-state index in [-0.39, 0.29) is 19.6 Å². The van der Waals surface area contributed by atoms with Gasteiger partial charge in [-0.15, -0.1) is 11.3 Å². The summed E-state index contributed by atoms with van der Waals surface area (Å²) in [5.74, 6) is -0.0224. The number of hydrogen-bond donors (Lipinski definition) is 1. The Morgan fingerprint density at radius 2 is 1.87 bits per heavy atom. The summed E-state index contributed by atoms with van der Waals surface area (Å²) < 4.78 is 11.0. The van der Waals surface area contributed by atoms with Crippen molar-refractivity contribution in [1.29, 1.82) is 0 Å². The molecule has 0 saturated carbocycles. The molecule has 0 saturated heterocycles. The highest BCUT2D eigenvalue weighted by Crippen LogP contribution is 2.31. The lowest BCUT2D eigenvalue weighted by Crippen LogP contribution is -2.09. The van der Waals surface area contributed by atoms with Gasteiger partial charge in [-0.25, -0.2) is 0 Å². The van der Waals surface area contributed by atoms with Crippen LogP contribution in [0.2, 0.25) is 0 Å². The van der Waals surface area contributed by atoms with E-state index < -0.39 is 5.97 Å². The van der Waals surface area contributed by atoms with Gasteiger partial charge >= 0.3 is 5.97 Å². The van der Waals surface area contributed by atoms with Gasteiger partial charge in [0, 0.05) is 10.4 Å². The minimum absolute atomic E-state index is 0.133. The Labute approximate surface area is 185 Å². The number of methoxy groups -OCH3 is 1. The molecule has 0 atom stereocenters. The molecule has 0 fully saturated rings. The van der Waals surface area contributed by atoms with Crippen molar-refractivity contribution in [3.63, 3.8) is 0 Å². The van der Waals surface area contributed by atoms with Crippen LogP contribution in [0, 0.1) is 0 Å². The van der Waals surface area contributed by atoms with E-state index in [0.29, 0.717) is 17.1 Å². The average Bonchev–Trinajstić information content (AvgIpc) is 3.31. The van der Waals surface area contributed by atoms with E-state index in [1.165, 1.54) is 17.6 Å². The maximum absolute atomic E-state index is 11.0. The number of aliphatic carboxylic acids is 1. The molecule has 0 aliphatic carbocycles. The Hall–Kier alpha value is -3.32. The normalized spacial score (nSPS) is 11.2. The minimum atomic E-state index is -0.927. The number of ether oxygens (including phenoxy) is 2. The molecule has 0 radical (unpaired) electrons. The standard InChI is InChI=1S/C24H25NO5S/c1-3-20(17-9-11-18(12-10-17)22-8-5-15-31-22)25-30-14-13-29-21-7-4-6-19(16-23(26)27)24(21)28-2/h4-12,15H,3,13-14,16H2,1-2H3,(H,26,27). The zero-order valence-corrected chi connectivity index (χ0v) is 18.4. The number of oxime groups is 1. The predicted octanol–water partition coefficient (Wildman–Crippen LogP) is 5.26. The second-order valence-electron chi connectivity index (χ2n) is 6.65. The molecule has 0 amide bonds. The molecule has 0 aliphatic heterocycles. The van der Waals surface area contributed by atoms with Crippen molar-refractivity contribution in [2.75, 3.05) is 20.3 Å². The van der Waals surface area contributed by atoms with Crippen molar-refractivity contribution in [1.82, 2.24) is 0 Å². The van der Waals surface area contributed by atoms with Gasteiger partial charge in [0.2, 0.25) is 0 Å². The maximum atomic E-state index is 11.0. The van der Waals surface area contributed by atoms with Gasteiger partial charge in [-0.1, -0.05) is 54.5 Å². The third kappa shape index (κ3) is 6.08. The first-order valence-electron chi connectivity index (χ1n) is 9.96. The second-order valence-corrected chi connectivity index (χ2v) is 7.59. The van der Waals surface area contributed by atoms with Crippen LogP contribution in [0.3, 0.4) is 0 Å². The van der Waals surface area contributed by atoms with Crippen LogP contribution in [0.15, 0.2) is 65.1 Å². The summed E-state index contributed by atoms with van der Waals surface area (Å²) >= 11 is 1.71. The van der Waals surface area contributed by atoms with Gasteiger partial charge in [0.15, 0.2) is 18.1 Å². The summed E-state index contributed by atoms with van der Waals surface area (Å²) in [6.45, 7) is 2.54. The molecule has 1 heterocycles. The van der Waals surface area contributed by atoms with Gasteiger partial charge in [0.25, 0.3) is 0 Å². The van der Waals surface area contributed by atoms with E-state index in [0.717, 1.165) is 17.7 Å². The van der Waals surface area contributed by atoms with Crippen LogP contribution in [0.5, 0.6) is 11.5 Å². The topological polar surface area (TPSA) is 77.4 Å². The first kappa shape index (κ1) is 22.4. The maximum Gasteiger partial charge on any atom is 0.307 e. The third-order valence-electron chi connectivity index (χ3n) is 4.57. The Morgan fingerprint density at radius 3 is 2.52 bits per heavy atom. The second kappa shape index (κ2) is 11.2. The van der Waals surface area contributed by atoms with Crippen LogP contribution >= 0.6 is 11.3 Å². The molecule has 6 nitrogen and oxygen atoms in total. The van der Waals surface area contributed by atoms with Gasteiger partial charge < -0.3 is 19.4 Å². The monoisotopic (exact) mass is 439 g/mol. The van der Waals surface area contributed by atoms with E-state index in [9.17, 15) is 4.79 Å².